The van der Waals surface area contributed by atoms with Crippen LogP contribution in [0.1, 0.15) is 85.1 Å². The van der Waals surface area contributed by atoms with E-state index in [1.54, 1.807) is 0 Å². The molecule has 30 heavy (non-hydrogen) atoms. The van der Waals surface area contributed by atoms with Crippen LogP contribution in [0.15, 0.2) is 18.2 Å². The van der Waals surface area contributed by atoms with Gasteiger partial charge in [0.15, 0.2) is 0 Å². The van der Waals surface area contributed by atoms with E-state index in [4.69, 9.17) is 23.2 Å². The Morgan fingerprint density at radius 3 is 2.47 bits per heavy atom. The Morgan fingerprint density at radius 2 is 1.77 bits per heavy atom. The van der Waals surface area contributed by atoms with E-state index in [2.05, 4.69) is 39.9 Å². The first-order valence-corrected chi connectivity index (χ1v) is 12.7. The summed E-state index contributed by atoms with van der Waals surface area (Å²) >= 11 is 12.5. The summed E-state index contributed by atoms with van der Waals surface area (Å²) in [4.78, 5) is 0. The van der Waals surface area contributed by atoms with E-state index in [1.165, 1.54) is 32.1 Å². The standard InChI is InChI=1S/C26H41Cl2NO/c1-17(2)8-6-9-18(3)20-12-14-26(5)24(30)22(13-15-25(20,26)4)29-16-19-10-7-11-21(27)23(19)28/h7,10-11,17-18,20,22,24,29-30H,6,8-9,12-16H2,1-5H3/t18-,20-,22+,24+,25-,26+/m1/s1. The molecule has 2 fully saturated rings. The molecule has 0 bridgehead atoms. The van der Waals surface area contributed by atoms with Crippen LogP contribution >= 0.6 is 23.2 Å². The molecule has 0 aromatic heterocycles. The Balaban J connectivity index is 1.66. The van der Waals surface area contributed by atoms with Crippen molar-refractivity contribution in [3.8, 4) is 0 Å². The molecule has 0 amide bonds. The van der Waals surface area contributed by atoms with Crippen molar-refractivity contribution in [1.82, 2.24) is 5.32 Å². The molecular weight excluding hydrogens is 413 g/mol. The minimum Gasteiger partial charge on any atom is -0.391 e. The van der Waals surface area contributed by atoms with E-state index in [1.807, 2.05) is 18.2 Å². The third kappa shape index (κ3) is 4.58. The van der Waals surface area contributed by atoms with Gasteiger partial charge in [-0.15, -0.1) is 0 Å². The smallest absolute Gasteiger partial charge is 0.0752 e. The van der Waals surface area contributed by atoms with Crippen LogP contribution < -0.4 is 5.32 Å². The van der Waals surface area contributed by atoms with E-state index < -0.39 is 0 Å². The lowest BCUT2D eigenvalue weighted by Gasteiger charge is -2.55. The minimum atomic E-state index is -0.331. The van der Waals surface area contributed by atoms with Crippen LogP contribution in [-0.4, -0.2) is 17.3 Å². The molecule has 0 radical (unpaired) electrons. The van der Waals surface area contributed by atoms with Gasteiger partial charge in [0.1, 0.15) is 0 Å². The van der Waals surface area contributed by atoms with Gasteiger partial charge in [-0.2, -0.15) is 0 Å². The van der Waals surface area contributed by atoms with E-state index in [0.29, 0.717) is 22.5 Å². The van der Waals surface area contributed by atoms with Crippen molar-refractivity contribution >= 4 is 23.2 Å². The number of benzene rings is 1. The fourth-order valence-corrected chi connectivity index (χ4v) is 6.99. The number of fused-ring (bicyclic) bond motifs is 1. The number of hydrogen-bond acceptors (Lipinski definition) is 2. The van der Waals surface area contributed by atoms with Crippen LogP contribution in [0.2, 0.25) is 10.0 Å². The molecule has 6 atom stereocenters. The van der Waals surface area contributed by atoms with E-state index in [-0.39, 0.29) is 23.0 Å². The zero-order valence-electron chi connectivity index (χ0n) is 19.5. The van der Waals surface area contributed by atoms with Crippen molar-refractivity contribution < 1.29 is 5.11 Å². The second kappa shape index (κ2) is 9.69. The van der Waals surface area contributed by atoms with E-state index in [9.17, 15) is 5.11 Å². The molecule has 2 aliphatic rings. The molecule has 0 heterocycles. The maximum atomic E-state index is 11.5. The maximum Gasteiger partial charge on any atom is 0.0752 e. The first kappa shape index (κ1) is 24.4. The van der Waals surface area contributed by atoms with Crippen LogP contribution in [0.4, 0.5) is 0 Å². The summed E-state index contributed by atoms with van der Waals surface area (Å²) in [6.07, 6.45) is 8.21. The van der Waals surface area contributed by atoms with Crippen LogP contribution in [-0.2, 0) is 6.54 Å². The number of aliphatic hydroxyl groups is 1. The van der Waals surface area contributed by atoms with Gasteiger partial charge in [0.05, 0.1) is 16.1 Å². The number of rotatable bonds is 8. The Labute approximate surface area is 194 Å². The highest BCUT2D eigenvalue weighted by atomic mass is 35.5. The second-order valence-electron chi connectivity index (χ2n) is 11.0. The summed E-state index contributed by atoms with van der Waals surface area (Å²) in [5.41, 5.74) is 1.19. The Hall–Kier alpha value is -0.280. The van der Waals surface area contributed by atoms with Crippen LogP contribution in [0.25, 0.3) is 0 Å². The van der Waals surface area contributed by atoms with E-state index in [0.717, 1.165) is 30.2 Å². The highest BCUT2D eigenvalue weighted by molar-refractivity contribution is 6.42. The summed E-state index contributed by atoms with van der Waals surface area (Å²) in [6.45, 7) is 12.6. The molecule has 0 spiro atoms. The van der Waals surface area contributed by atoms with Crippen molar-refractivity contribution in [3.63, 3.8) is 0 Å². The van der Waals surface area contributed by atoms with Gasteiger partial charge in [-0.25, -0.2) is 0 Å². The first-order valence-electron chi connectivity index (χ1n) is 11.9. The average molecular weight is 455 g/mol. The molecule has 4 heteroatoms. The summed E-state index contributed by atoms with van der Waals surface area (Å²) in [6, 6.07) is 5.86. The van der Waals surface area contributed by atoms with Gasteiger partial charge in [0, 0.05) is 18.0 Å². The Kier molecular flexibility index (Phi) is 7.87. The molecule has 2 N–H and O–H groups in total. The zero-order valence-corrected chi connectivity index (χ0v) is 21.0. The lowest BCUT2D eigenvalue weighted by molar-refractivity contribution is -0.113. The van der Waals surface area contributed by atoms with Crippen molar-refractivity contribution in [2.75, 3.05) is 0 Å². The second-order valence-corrected chi connectivity index (χ2v) is 11.8. The molecule has 0 saturated heterocycles. The minimum absolute atomic E-state index is 0.0297. The van der Waals surface area contributed by atoms with Gasteiger partial charge in [0.2, 0.25) is 0 Å². The molecular formula is C26H41Cl2NO. The molecule has 2 nitrogen and oxygen atoms in total. The van der Waals surface area contributed by atoms with Gasteiger partial charge < -0.3 is 10.4 Å². The molecule has 0 aliphatic heterocycles. The SMILES string of the molecule is CC(C)CCC[C@@H](C)[C@H]1CC[C@@]2(C)[C@@H](O)[C@@H](NCc3cccc(Cl)c3Cl)CC[C@]12C. The van der Waals surface area contributed by atoms with Crippen molar-refractivity contribution in [2.45, 2.75) is 98.3 Å². The van der Waals surface area contributed by atoms with Gasteiger partial charge in [-0.3, -0.25) is 0 Å². The highest BCUT2D eigenvalue weighted by Gasteiger charge is 2.61. The van der Waals surface area contributed by atoms with Crippen LogP contribution in [0.5, 0.6) is 0 Å². The normalized spacial score (nSPS) is 34.9. The quantitative estimate of drug-likeness (QED) is 0.426. The third-order valence-corrected chi connectivity index (χ3v) is 9.68. The fourth-order valence-electron chi connectivity index (χ4n) is 6.60. The number of nitrogens with one attached hydrogen (secondary N) is 1. The fraction of sp³-hybridized carbons (Fsp3) is 0.769. The molecule has 1 aromatic carbocycles. The largest absolute Gasteiger partial charge is 0.391 e. The van der Waals surface area contributed by atoms with E-state index >= 15 is 0 Å². The predicted octanol–water partition coefficient (Wildman–Crippen LogP) is 7.49. The molecule has 3 rings (SSSR count). The predicted molar refractivity (Wildman–Crippen MR) is 129 cm³/mol. The summed E-state index contributed by atoms with van der Waals surface area (Å²) in [5, 5.41) is 16.3. The van der Waals surface area contributed by atoms with Gasteiger partial charge in [0.25, 0.3) is 0 Å². The monoisotopic (exact) mass is 453 g/mol. The lowest BCUT2D eigenvalue weighted by atomic mass is 9.53. The van der Waals surface area contributed by atoms with Crippen molar-refractivity contribution in [1.29, 1.82) is 0 Å². The summed E-state index contributed by atoms with van der Waals surface area (Å²) < 4.78 is 0. The van der Waals surface area contributed by atoms with Gasteiger partial charge in [-0.05, 0) is 60.5 Å². The van der Waals surface area contributed by atoms with Crippen LogP contribution in [0, 0.1) is 28.6 Å². The van der Waals surface area contributed by atoms with Crippen LogP contribution in [0.3, 0.4) is 0 Å². The zero-order chi connectivity index (χ0) is 22.1. The van der Waals surface area contributed by atoms with Gasteiger partial charge in [-0.1, -0.05) is 89.2 Å². The molecule has 2 aliphatic carbocycles. The molecule has 1 aromatic rings. The maximum absolute atomic E-state index is 11.5. The third-order valence-electron chi connectivity index (χ3n) is 8.82. The van der Waals surface area contributed by atoms with Gasteiger partial charge >= 0.3 is 0 Å². The molecule has 0 unspecified atom stereocenters. The Bertz CT molecular complexity index is 723. The first-order chi connectivity index (χ1) is 14.1. The summed E-state index contributed by atoms with van der Waals surface area (Å²) in [7, 11) is 0. The topological polar surface area (TPSA) is 32.3 Å². The number of halogens is 2. The van der Waals surface area contributed by atoms with Crippen molar-refractivity contribution in [2.24, 2.45) is 28.6 Å². The van der Waals surface area contributed by atoms with Crippen molar-refractivity contribution in [3.05, 3.63) is 33.8 Å². The average Bonchev–Trinajstić information content (AvgIpc) is 2.97. The molecule has 2 saturated carbocycles. The molecule has 170 valence electrons. The number of aliphatic hydroxyl groups excluding tert-OH is 1. The summed E-state index contributed by atoms with van der Waals surface area (Å²) in [5.74, 6) is 2.24. The lowest BCUT2D eigenvalue weighted by Crippen LogP contribution is -2.58. The highest BCUT2D eigenvalue weighted by Crippen LogP contribution is 2.65. The Morgan fingerprint density at radius 1 is 1.07 bits per heavy atom. The number of hydrogen-bond donors (Lipinski definition) is 2.